The fraction of sp³-hybridized carbons (Fsp3) is 0.333. The van der Waals surface area contributed by atoms with Crippen LogP contribution in [-0.4, -0.2) is 16.1 Å². The van der Waals surface area contributed by atoms with Gasteiger partial charge in [0, 0.05) is 11.5 Å². The second kappa shape index (κ2) is 5.52. The minimum Gasteiger partial charge on any atom is -0.146 e. The van der Waals surface area contributed by atoms with Crippen molar-refractivity contribution in [2.45, 2.75) is 11.0 Å². The van der Waals surface area contributed by atoms with Crippen LogP contribution in [0, 0.1) is 0 Å². The molecule has 0 aliphatic carbocycles. The number of rotatable bonds is 3. The Hall–Kier alpha value is -0.340. The quantitative estimate of drug-likeness (QED) is 0.761. The number of hydrogen-bond donors (Lipinski definition) is 0. The van der Waals surface area contributed by atoms with E-state index in [0.29, 0.717) is 0 Å². The van der Waals surface area contributed by atoms with Gasteiger partial charge in [-0.25, -0.2) is 0 Å². The number of benzene rings is 1. The van der Waals surface area contributed by atoms with Crippen molar-refractivity contribution in [2.75, 3.05) is 11.5 Å². The van der Waals surface area contributed by atoms with Gasteiger partial charge in [0.2, 0.25) is 0 Å². The molecule has 0 atom stereocenters. The van der Waals surface area contributed by atoms with E-state index in [1.807, 2.05) is 0 Å². The zero-order valence-corrected chi connectivity index (χ0v) is 9.69. The Morgan fingerprint density at radius 1 is 1.14 bits per heavy atom. The van der Waals surface area contributed by atoms with Gasteiger partial charge in [-0.2, -0.15) is 0 Å². The first kappa shape index (κ1) is 10.2. The lowest BCUT2D eigenvalue weighted by molar-refractivity contribution is 1.20. The van der Waals surface area contributed by atoms with Crippen molar-refractivity contribution < 1.29 is 0 Å². The van der Waals surface area contributed by atoms with E-state index in [4.69, 9.17) is 0 Å². The van der Waals surface area contributed by atoms with Crippen LogP contribution >= 0.6 is 23.5 Å². The summed E-state index contributed by atoms with van der Waals surface area (Å²) < 4.78 is 0.801. The summed E-state index contributed by atoms with van der Waals surface area (Å²) in [6.45, 7) is 0. The molecule has 1 aliphatic heterocycles. The van der Waals surface area contributed by atoms with Crippen LogP contribution in [0.5, 0.6) is 0 Å². The molecule has 14 heavy (non-hydrogen) atoms. The molecule has 0 saturated carbocycles. The third kappa shape index (κ3) is 3.10. The standard InChI is InChI=1S/C12H14S2/c1-2-5-11(6-3-1)7-4-8-12-13-9-10-14-12/h1-7,12H,8-10H2/b7-4+. The van der Waals surface area contributed by atoms with Crippen molar-refractivity contribution in [3.63, 3.8) is 0 Å². The number of thioether (sulfide) groups is 2. The summed E-state index contributed by atoms with van der Waals surface area (Å²) in [5.74, 6) is 2.66. The summed E-state index contributed by atoms with van der Waals surface area (Å²) in [7, 11) is 0. The summed E-state index contributed by atoms with van der Waals surface area (Å²) in [4.78, 5) is 0. The summed E-state index contributed by atoms with van der Waals surface area (Å²) >= 11 is 4.18. The van der Waals surface area contributed by atoms with Crippen molar-refractivity contribution in [3.8, 4) is 0 Å². The van der Waals surface area contributed by atoms with E-state index in [0.717, 1.165) is 4.58 Å². The van der Waals surface area contributed by atoms with Crippen LogP contribution in [0.3, 0.4) is 0 Å². The Bertz CT molecular complexity index is 286. The molecule has 1 aromatic carbocycles. The summed E-state index contributed by atoms with van der Waals surface area (Å²) in [6.07, 6.45) is 5.72. The number of allylic oxidation sites excluding steroid dienone is 1. The van der Waals surface area contributed by atoms with Gasteiger partial charge >= 0.3 is 0 Å². The first-order valence-electron chi connectivity index (χ1n) is 4.90. The molecule has 0 aromatic heterocycles. The van der Waals surface area contributed by atoms with E-state index in [1.54, 1.807) is 0 Å². The lowest BCUT2D eigenvalue weighted by Crippen LogP contribution is -1.86. The molecule has 0 amide bonds. The first-order chi connectivity index (χ1) is 6.95. The third-order valence-corrected chi connectivity index (χ3v) is 5.21. The van der Waals surface area contributed by atoms with Crippen LogP contribution in [0.25, 0.3) is 6.08 Å². The lowest BCUT2D eigenvalue weighted by atomic mass is 10.2. The highest BCUT2D eigenvalue weighted by Crippen LogP contribution is 2.34. The molecule has 1 aliphatic rings. The van der Waals surface area contributed by atoms with Crippen LogP contribution in [0.15, 0.2) is 36.4 Å². The first-order valence-corrected chi connectivity index (χ1v) is 7.00. The zero-order chi connectivity index (χ0) is 9.64. The second-order valence-corrected chi connectivity index (χ2v) is 6.14. The molecule has 2 heteroatoms. The molecular weight excluding hydrogens is 208 g/mol. The number of hydrogen-bond acceptors (Lipinski definition) is 2. The van der Waals surface area contributed by atoms with Gasteiger partial charge < -0.3 is 0 Å². The van der Waals surface area contributed by atoms with Crippen LogP contribution in [0.2, 0.25) is 0 Å². The average molecular weight is 222 g/mol. The van der Waals surface area contributed by atoms with Crippen molar-refractivity contribution in [1.82, 2.24) is 0 Å². The average Bonchev–Trinajstić information content (AvgIpc) is 2.72. The minimum atomic E-state index is 0.801. The zero-order valence-electron chi connectivity index (χ0n) is 8.06. The predicted octanol–water partition coefficient (Wildman–Crippen LogP) is 3.90. The molecule has 1 heterocycles. The van der Waals surface area contributed by atoms with E-state index in [2.05, 4.69) is 66.0 Å². The fourth-order valence-electron chi connectivity index (χ4n) is 1.42. The van der Waals surface area contributed by atoms with Crippen molar-refractivity contribution in [1.29, 1.82) is 0 Å². The van der Waals surface area contributed by atoms with Gasteiger partial charge in [-0.05, 0) is 12.0 Å². The molecule has 1 aromatic rings. The van der Waals surface area contributed by atoms with E-state index in [-0.39, 0.29) is 0 Å². The van der Waals surface area contributed by atoms with Gasteiger partial charge in [-0.1, -0.05) is 42.5 Å². The molecule has 0 bridgehead atoms. The molecule has 1 fully saturated rings. The Balaban J connectivity index is 1.82. The molecule has 0 radical (unpaired) electrons. The van der Waals surface area contributed by atoms with Crippen LogP contribution in [0.4, 0.5) is 0 Å². The Kier molecular flexibility index (Phi) is 4.02. The SMILES string of the molecule is C(=C\c1ccccc1)/CC1SCCS1. The monoisotopic (exact) mass is 222 g/mol. The fourth-order valence-corrected chi connectivity index (χ4v) is 4.17. The van der Waals surface area contributed by atoms with E-state index >= 15 is 0 Å². The molecular formula is C12H14S2. The van der Waals surface area contributed by atoms with Gasteiger partial charge in [0.1, 0.15) is 0 Å². The maximum absolute atomic E-state index is 2.30. The molecule has 1 saturated heterocycles. The molecule has 0 spiro atoms. The predicted molar refractivity (Wildman–Crippen MR) is 68.8 cm³/mol. The lowest BCUT2D eigenvalue weighted by Gasteiger charge is -2.01. The van der Waals surface area contributed by atoms with Crippen LogP contribution in [0.1, 0.15) is 12.0 Å². The smallest absolute Gasteiger partial charge is 0.0537 e. The van der Waals surface area contributed by atoms with Crippen molar-refractivity contribution in [2.24, 2.45) is 0 Å². The van der Waals surface area contributed by atoms with Crippen LogP contribution in [-0.2, 0) is 0 Å². The highest BCUT2D eigenvalue weighted by Gasteiger charge is 2.13. The summed E-state index contributed by atoms with van der Waals surface area (Å²) in [5, 5.41) is 0. The molecule has 0 N–H and O–H groups in total. The molecule has 74 valence electrons. The van der Waals surface area contributed by atoms with Crippen molar-refractivity contribution in [3.05, 3.63) is 42.0 Å². The van der Waals surface area contributed by atoms with Crippen LogP contribution < -0.4 is 0 Å². The second-order valence-electron chi connectivity index (χ2n) is 3.22. The summed E-state index contributed by atoms with van der Waals surface area (Å²) in [5.41, 5.74) is 1.31. The Morgan fingerprint density at radius 2 is 1.86 bits per heavy atom. The minimum absolute atomic E-state index is 0.801. The topological polar surface area (TPSA) is 0 Å². The molecule has 0 nitrogen and oxygen atoms in total. The Morgan fingerprint density at radius 3 is 2.57 bits per heavy atom. The van der Waals surface area contributed by atoms with Gasteiger partial charge in [0.15, 0.2) is 0 Å². The largest absolute Gasteiger partial charge is 0.146 e. The van der Waals surface area contributed by atoms with E-state index in [1.165, 1.54) is 23.5 Å². The molecule has 2 rings (SSSR count). The van der Waals surface area contributed by atoms with Gasteiger partial charge in [-0.15, -0.1) is 23.5 Å². The molecule has 0 unspecified atom stereocenters. The van der Waals surface area contributed by atoms with E-state index < -0.39 is 0 Å². The maximum atomic E-state index is 2.30. The van der Waals surface area contributed by atoms with Gasteiger partial charge in [0.05, 0.1) is 4.58 Å². The summed E-state index contributed by atoms with van der Waals surface area (Å²) in [6, 6.07) is 10.5. The van der Waals surface area contributed by atoms with Gasteiger partial charge in [-0.3, -0.25) is 0 Å². The Labute approximate surface area is 94.2 Å². The highest BCUT2D eigenvalue weighted by molar-refractivity contribution is 8.20. The highest BCUT2D eigenvalue weighted by atomic mass is 32.2. The third-order valence-electron chi connectivity index (χ3n) is 2.13. The van der Waals surface area contributed by atoms with Crippen molar-refractivity contribution >= 4 is 29.6 Å². The van der Waals surface area contributed by atoms with Gasteiger partial charge in [0.25, 0.3) is 0 Å². The normalized spacial score (nSPS) is 18.0. The maximum Gasteiger partial charge on any atom is 0.0537 e. The van der Waals surface area contributed by atoms with E-state index in [9.17, 15) is 0 Å².